The minimum absolute atomic E-state index is 0.0925. The maximum absolute atomic E-state index is 13.1. The van der Waals surface area contributed by atoms with Crippen LogP contribution in [0.3, 0.4) is 0 Å². The Bertz CT molecular complexity index is 1240. The van der Waals surface area contributed by atoms with Crippen molar-refractivity contribution in [2.75, 3.05) is 55.0 Å². The predicted molar refractivity (Wildman–Crippen MR) is 131 cm³/mol. The molecule has 0 saturated carbocycles. The Kier molecular flexibility index (Phi) is 7.73. The molecular formula is C22H25BrF3N7O4. The zero-order valence-corrected chi connectivity index (χ0v) is 21.6. The number of nitrogens with zero attached hydrogens (tertiary/aromatic N) is 5. The van der Waals surface area contributed by atoms with E-state index < -0.39 is 23.7 Å². The molecule has 0 unspecified atom stereocenters. The number of aromatic nitrogens is 3. The number of likely N-dealkylation sites (N-methyl/N-ethyl adjacent to an activating group) is 1. The van der Waals surface area contributed by atoms with Crippen LogP contribution < -0.4 is 20.7 Å². The second-order valence-corrected chi connectivity index (χ2v) is 9.60. The van der Waals surface area contributed by atoms with Gasteiger partial charge in [0.15, 0.2) is 5.82 Å². The number of fused-ring (bicyclic) bond motifs is 3. The van der Waals surface area contributed by atoms with Crippen LogP contribution in [0.25, 0.3) is 0 Å². The van der Waals surface area contributed by atoms with Crippen molar-refractivity contribution in [3.63, 3.8) is 0 Å². The van der Waals surface area contributed by atoms with E-state index in [4.69, 9.17) is 4.74 Å². The smallest absolute Gasteiger partial charge is 0.379 e. The fraction of sp³-hybridized carbons (Fsp3) is 0.500. The fourth-order valence-electron chi connectivity index (χ4n) is 4.25. The molecule has 1 fully saturated rings. The third kappa shape index (κ3) is 5.71. The van der Waals surface area contributed by atoms with Crippen LogP contribution in [0.5, 0.6) is 0 Å². The van der Waals surface area contributed by atoms with Gasteiger partial charge in [0.1, 0.15) is 10.5 Å². The molecule has 4 rings (SSSR count). The summed E-state index contributed by atoms with van der Waals surface area (Å²) in [4.78, 5) is 45.7. The van der Waals surface area contributed by atoms with E-state index >= 15 is 0 Å². The van der Waals surface area contributed by atoms with Crippen LogP contribution in [0.1, 0.15) is 18.9 Å². The Balaban J connectivity index is 1.30. The summed E-state index contributed by atoms with van der Waals surface area (Å²) in [7, 11) is 1.41. The van der Waals surface area contributed by atoms with Crippen molar-refractivity contribution in [3.05, 3.63) is 38.9 Å². The summed E-state index contributed by atoms with van der Waals surface area (Å²) in [5.41, 5.74) is -0.683. The molecule has 2 N–H and O–H groups in total. The van der Waals surface area contributed by atoms with Gasteiger partial charge < -0.3 is 24.8 Å². The number of aromatic amines is 1. The number of anilines is 3. The Labute approximate surface area is 218 Å². The second-order valence-electron chi connectivity index (χ2n) is 8.81. The first-order valence-corrected chi connectivity index (χ1v) is 12.2. The van der Waals surface area contributed by atoms with Gasteiger partial charge in [-0.1, -0.05) is 0 Å². The number of carbonyl (C=O) groups is 2. The first kappa shape index (κ1) is 26.9. The fourth-order valence-corrected chi connectivity index (χ4v) is 4.56. The van der Waals surface area contributed by atoms with Gasteiger partial charge in [-0.05, 0) is 28.9 Å². The van der Waals surface area contributed by atoms with Crippen LogP contribution in [0.4, 0.5) is 30.4 Å². The largest absolute Gasteiger partial charge is 0.417 e. The summed E-state index contributed by atoms with van der Waals surface area (Å²) in [5.74, 6) is -0.301. The van der Waals surface area contributed by atoms with Gasteiger partial charge in [0.05, 0.1) is 49.3 Å². The van der Waals surface area contributed by atoms with E-state index in [9.17, 15) is 27.6 Å². The minimum atomic E-state index is -4.57. The predicted octanol–water partition coefficient (Wildman–Crippen LogP) is 1.85. The molecule has 4 heterocycles. The molecule has 2 aliphatic heterocycles. The number of ether oxygens (including phenoxy) is 1. The number of pyridine rings is 1. The molecule has 15 heteroatoms. The number of piperazine rings is 1. The van der Waals surface area contributed by atoms with Crippen LogP contribution >= 0.6 is 15.9 Å². The monoisotopic (exact) mass is 587 g/mol. The lowest BCUT2D eigenvalue weighted by atomic mass is 10.0. The summed E-state index contributed by atoms with van der Waals surface area (Å²) >= 11 is 3.19. The Morgan fingerprint density at radius 3 is 2.81 bits per heavy atom. The number of rotatable bonds is 7. The number of alkyl halides is 3. The minimum Gasteiger partial charge on any atom is -0.379 e. The van der Waals surface area contributed by atoms with E-state index in [0.29, 0.717) is 22.5 Å². The molecule has 11 nitrogen and oxygen atoms in total. The average molecular weight is 588 g/mol. The molecule has 0 aliphatic carbocycles. The number of halogens is 4. The van der Waals surface area contributed by atoms with E-state index in [-0.39, 0.29) is 55.9 Å². The van der Waals surface area contributed by atoms with Crippen LogP contribution in [0, 0.1) is 0 Å². The molecule has 0 aromatic carbocycles. The molecule has 2 atom stereocenters. The quantitative estimate of drug-likeness (QED) is 0.470. The maximum Gasteiger partial charge on any atom is 0.417 e. The number of nitrogens with one attached hydrogen (secondary N) is 2. The van der Waals surface area contributed by atoms with Crippen LogP contribution in [-0.4, -0.2) is 83.9 Å². The number of amides is 2. The number of hydrogen-bond donors (Lipinski definition) is 2. The van der Waals surface area contributed by atoms with Gasteiger partial charge in [0, 0.05) is 32.4 Å². The SMILES string of the molecule is C[C@@H](COCCC(=O)N1CCN2c3ncc(C(F)(F)F)cc3N(C)C(=O)[C@@H]2C1)Nc1cn[nH]c(=O)c1Br. The van der Waals surface area contributed by atoms with Gasteiger partial charge in [0.25, 0.3) is 11.5 Å². The van der Waals surface area contributed by atoms with Crippen molar-refractivity contribution in [1.29, 1.82) is 0 Å². The highest BCUT2D eigenvalue weighted by atomic mass is 79.9. The molecular weight excluding hydrogens is 563 g/mol. The number of carbonyl (C=O) groups excluding carboxylic acids is 2. The highest BCUT2D eigenvalue weighted by Gasteiger charge is 2.43. The highest BCUT2D eigenvalue weighted by Crippen LogP contribution is 2.39. The van der Waals surface area contributed by atoms with E-state index in [0.717, 1.165) is 12.3 Å². The molecule has 2 amide bonds. The van der Waals surface area contributed by atoms with Crippen molar-refractivity contribution in [2.24, 2.45) is 0 Å². The molecule has 1 saturated heterocycles. The van der Waals surface area contributed by atoms with Gasteiger partial charge in [-0.25, -0.2) is 10.1 Å². The zero-order chi connectivity index (χ0) is 26.9. The molecule has 0 spiro atoms. The van der Waals surface area contributed by atoms with Gasteiger partial charge >= 0.3 is 6.18 Å². The molecule has 37 heavy (non-hydrogen) atoms. The Hall–Kier alpha value is -3.20. The summed E-state index contributed by atoms with van der Waals surface area (Å²) in [6.45, 7) is 2.95. The van der Waals surface area contributed by atoms with Gasteiger partial charge in [-0.3, -0.25) is 14.4 Å². The van der Waals surface area contributed by atoms with Crippen molar-refractivity contribution in [3.8, 4) is 0 Å². The van der Waals surface area contributed by atoms with E-state index in [1.165, 1.54) is 18.1 Å². The Morgan fingerprint density at radius 2 is 2.08 bits per heavy atom. The zero-order valence-electron chi connectivity index (χ0n) is 20.0. The normalized spacial score (nSPS) is 18.4. The van der Waals surface area contributed by atoms with Crippen molar-refractivity contribution in [2.45, 2.75) is 31.6 Å². The van der Waals surface area contributed by atoms with E-state index in [1.54, 1.807) is 9.80 Å². The van der Waals surface area contributed by atoms with Crippen molar-refractivity contribution >= 4 is 44.9 Å². The van der Waals surface area contributed by atoms with Crippen molar-refractivity contribution < 1.29 is 27.5 Å². The highest BCUT2D eigenvalue weighted by molar-refractivity contribution is 9.10. The molecule has 2 aliphatic rings. The number of H-pyrrole nitrogens is 1. The molecule has 0 radical (unpaired) electrons. The van der Waals surface area contributed by atoms with Gasteiger partial charge in [-0.2, -0.15) is 18.3 Å². The third-order valence-electron chi connectivity index (χ3n) is 6.18. The van der Waals surface area contributed by atoms with Gasteiger partial charge in [0.2, 0.25) is 5.91 Å². The molecule has 2 aromatic heterocycles. The van der Waals surface area contributed by atoms with Crippen LogP contribution in [-0.2, 0) is 20.5 Å². The lowest BCUT2D eigenvalue weighted by Gasteiger charge is -2.46. The second kappa shape index (κ2) is 10.7. The molecule has 0 bridgehead atoms. The maximum atomic E-state index is 13.1. The molecule has 200 valence electrons. The van der Waals surface area contributed by atoms with Crippen LogP contribution in [0.2, 0.25) is 0 Å². The topological polar surface area (TPSA) is 124 Å². The van der Waals surface area contributed by atoms with Crippen molar-refractivity contribution in [1.82, 2.24) is 20.1 Å². The number of hydrogen-bond acceptors (Lipinski definition) is 8. The van der Waals surface area contributed by atoms with E-state index in [2.05, 4.69) is 36.4 Å². The summed E-state index contributed by atoms with van der Waals surface area (Å²) in [6.07, 6.45) is -2.24. The van der Waals surface area contributed by atoms with Crippen LogP contribution in [0.15, 0.2) is 27.7 Å². The lowest BCUT2D eigenvalue weighted by Crippen LogP contribution is -2.63. The first-order valence-electron chi connectivity index (χ1n) is 11.4. The lowest BCUT2D eigenvalue weighted by molar-refractivity contribution is -0.138. The first-order chi connectivity index (χ1) is 17.5. The van der Waals surface area contributed by atoms with Gasteiger partial charge in [-0.15, -0.1) is 0 Å². The molecule has 2 aromatic rings. The standard InChI is InChI=1S/C22H25BrF3N7O4/c1-12(29-14-9-28-30-20(35)18(14)23)11-37-6-3-17(34)32-4-5-33-16(10-32)21(36)31(2)15-7-13(22(24,25)26)8-27-19(15)33/h7-9,12,16H,3-6,10-11H2,1-2H3,(H2,29,30,35)/t12-,16-/m0/s1. The average Bonchev–Trinajstić information content (AvgIpc) is 2.86. The third-order valence-corrected chi connectivity index (χ3v) is 6.97. The van der Waals surface area contributed by atoms with E-state index in [1.807, 2.05) is 6.92 Å². The summed E-state index contributed by atoms with van der Waals surface area (Å²) < 4.78 is 45.3. The summed E-state index contributed by atoms with van der Waals surface area (Å²) in [5, 5.41) is 9.14. The Morgan fingerprint density at radius 1 is 1.32 bits per heavy atom. The summed E-state index contributed by atoms with van der Waals surface area (Å²) in [6, 6.07) is 0.0247.